The monoisotopic (exact) mass is 305 g/mol. The molecule has 1 saturated heterocycles. The molecule has 1 heterocycles. The van der Waals surface area contributed by atoms with E-state index in [9.17, 15) is 4.79 Å². The van der Waals surface area contributed by atoms with E-state index in [-0.39, 0.29) is 18.7 Å². The van der Waals surface area contributed by atoms with Crippen LogP contribution in [0.25, 0.3) is 0 Å². The number of carbonyl (C=O) groups excluding carboxylic acids is 1. The first-order valence-corrected chi connectivity index (χ1v) is 8.18. The molecule has 0 saturated carbocycles. The highest BCUT2D eigenvalue weighted by atomic mass is 16.3. The minimum atomic E-state index is -0.0370. The molecule has 0 spiro atoms. The zero-order valence-electron chi connectivity index (χ0n) is 13.4. The molecule has 1 atom stereocenters. The van der Waals surface area contributed by atoms with Crippen LogP contribution in [0.5, 0.6) is 0 Å². The number of nitrogens with one attached hydrogen (secondary N) is 1. The van der Waals surface area contributed by atoms with Crippen LogP contribution >= 0.6 is 0 Å². The van der Waals surface area contributed by atoms with Gasteiger partial charge in [0, 0.05) is 32.8 Å². The number of likely N-dealkylation sites (N-methyl/N-ethyl adjacent to an activating group) is 1. The van der Waals surface area contributed by atoms with E-state index in [0.29, 0.717) is 6.42 Å². The molecule has 1 aliphatic rings. The number of piperazine rings is 1. The van der Waals surface area contributed by atoms with Gasteiger partial charge in [0.2, 0.25) is 0 Å². The molecular formula is C17H27N3O2. The Bertz CT molecular complexity index is 444. The number of benzene rings is 1. The lowest BCUT2D eigenvalue weighted by molar-refractivity contribution is 0.140. The summed E-state index contributed by atoms with van der Waals surface area (Å²) in [4.78, 5) is 16.7. The van der Waals surface area contributed by atoms with Crippen LogP contribution in [-0.2, 0) is 0 Å². The summed E-state index contributed by atoms with van der Waals surface area (Å²) in [6, 6.07) is 9.95. The molecule has 1 aromatic carbocycles. The molecule has 22 heavy (non-hydrogen) atoms. The maximum atomic E-state index is 12.5. The van der Waals surface area contributed by atoms with E-state index >= 15 is 0 Å². The molecule has 122 valence electrons. The van der Waals surface area contributed by atoms with Crippen molar-refractivity contribution < 1.29 is 9.90 Å². The lowest BCUT2D eigenvalue weighted by atomic mass is 10.0. The van der Waals surface area contributed by atoms with Gasteiger partial charge in [0.1, 0.15) is 0 Å². The van der Waals surface area contributed by atoms with Gasteiger partial charge in [0.05, 0.1) is 6.04 Å². The first-order chi connectivity index (χ1) is 10.7. The SMILES string of the molecule is CCN1CCN(C(=O)NC(CCCO)c2ccccc2)CC1. The summed E-state index contributed by atoms with van der Waals surface area (Å²) in [7, 11) is 0. The van der Waals surface area contributed by atoms with Crippen LogP contribution in [0.3, 0.4) is 0 Å². The number of hydrogen-bond acceptors (Lipinski definition) is 3. The van der Waals surface area contributed by atoms with E-state index in [1.54, 1.807) is 0 Å². The molecule has 2 rings (SSSR count). The van der Waals surface area contributed by atoms with E-state index in [2.05, 4.69) is 17.1 Å². The molecule has 1 unspecified atom stereocenters. The Balaban J connectivity index is 1.93. The van der Waals surface area contributed by atoms with Gasteiger partial charge < -0.3 is 20.2 Å². The lowest BCUT2D eigenvalue weighted by Gasteiger charge is -2.35. The number of nitrogens with zero attached hydrogens (tertiary/aromatic N) is 2. The normalized spacial score (nSPS) is 17.3. The number of carbonyl (C=O) groups is 1. The topological polar surface area (TPSA) is 55.8 Å². The third-order valence-corrected chi connectivity index (χ3v) is 4.26. The molecule has 1 aromatic rings. The number of aliphatic hydroxyl groups excluding tert-OH is 1. The van der Waals surface area contributed by atoms with Crippen molar-refractivity contribution in [3.63, 3.8) is 0 Å². The van der Waals surface area contributed by atoms with Gasteiger partial charge in [-0.15, -0.1) is 0 Å². The Morgan fingerprint density at radius 2 is 1.91 bits per heavy atom. The Kier molecular flexibility index (Phi) is 6.68. The van der Waals surface area contributed by atoms with Gasteiger partial charge in [0.25, 0.3) is 0 Å². The summed E-state index contributed by atoms with van der Waals surface area (Å²) in [5.41, 5.74) is 1.09. The molecule has 5 nitrogen and oxygen atoms in total. The summed E-state index contributed by atoms with van der Waals surface area (Å²) >= 11 is 0. The minimum absolute atomic E-state index is 0.00236. The predicted octanol–water partition coefficient (Wildman–Crippen LogP) is 1.85. The van der Waals surface area contributed by atoms with Crippen molar-refractivity contribution in [3.8, 4) is 0 Å². The van der Waals surface area contributed by atoms with E-state index in [4.69, 9.17) is 5.11 Å². The van der Waals surface area contributed by atoms with Gasteiger partial charge in [-0.25, -0.2) is 4.79 Å². The highest BCUT2D eigenvalue weighted by Gasteiger charge is 2.22. The second kappa shape index (κ2) is 8.76. The van der Waals surface area contributed by atoms with Gasteiger partial charge in [-0.1, -0.05) is 37.3 Å². The van der Waals surface area contributed by atoms with E-state index < -0.39 is 0 Å². The van der Waals surface area contributed by atoms with Crippen LogP contribution in [0.15, 0.2) is 30.3 Å². The zero-order chi connectivity index (χ0) is 15.8. The molecule has 0 radical (unpaired) electrons. The second-order valence-electron chi connectivity index (χ2n) is 5.70. The Morgan fingerprint density at radius 3 is 2.50 bits per heavy atom. The van der Waals surface area contributed by atoms with Gasteiger partial charge in [-0.2, -0.15) is 0 Å². The molecule has 0 aromatic heterocycles. The van der Waals surface area contributed by atoms with Crippen molar-refractivity contribution in [2.45, 2.75) is 25.8 Å². The maximum Gasteiger partial charge on any atom is 0.317 e. The number of urea groups is 1. The van der Waals surface area contributed by atoms with Crippen LogP contribution < -0.4 is 5.32 Å². The van der Waals surface area contributed by atoms with Crippen molar-refractivity contribution in [2.24, 2.45) is 0 Å². The van der Waals surface area contributed by atoms with Gasteiger partial charge in [-0.3, -0.25) is 0 Å². The maximum absolute atomic E-state index is 12.5. The summed E-state index contributed by atoms with van der Waals surface area (Å²) in [5, 5.41) is 12.2. The fraction of sp³-hybridized carbons (Fsp3) is 0.588. The third kappa shape index (κ3) is 4.71. The van der Waals surface area contributed by atoms with E-state index in [1.165, 1.54) is 0 Å². The molecule has 1 aliphatic heterocycles. The van der Waals surface area contributed by atoms with Crippen molar-refractivity contribution >= 4 is 6.03 Å². The standard InChI is InChI=1S/C17H27N3O2/c1-2-19-10-12-20(13-11-19)17(22)18-16(9-6-14-21)15-7-4-3-5-8-15/h3-5,7-8,16,21H,2,6,9-14H2,1H3,(H,18,22). The van der Waals surface area contributed by atoms with Crippen molar-refractivity contribution in [2.75, 3.05) is 39.3 Å². The number of hydrogen-bond donors (Lipinski definition) is 2. The molecular weight excluding hydrogens is 278 g/mol. The Labute approximate surface area is 132 Å². The quantitative estimate of drug-likeness (QED) is 0.843. The summed E-state index contributed by atoms with van der Waals surface area (Å²) < 4.78 is 0. The second-order valence-corrected chi connectivity index (χ2v) is 5.70. The third-order valence-electron chi connectivity index (χ3n) is 4.26. The summed E-state index contributed by atoms with van der Waals surface area (Å²) in [6.07, 6.45) is 1.44. The molecule has 1 fully saturated rings. The molecule has 5 heteroatoms. The lowest BCUT2D eigenvalue weighted by Crippen LogP contribution is -2.52. The van der Waals surface area contributed by atoms with Gasteiger partial charge >= 0.3 is 6.03 Å². The van der Waals surface area contributed by atoms with Crippen molar-refractivity contribution in [1.82, 2.24) is 15.1 Å². The van der Waals surface area contributed by atoms with Crippen LogP contribution in [-0.4, -0.2) is 60.3 Å². The highest BCUT2D eigenvalue weighted by Crippen LogP contribution is 2.18. The number of amides is 2. The zero-order valence-corrected chi connectivity index (χ0v) is 13.4. The predicted molar refractivity (Wildman–Crippen MR) is 87.7 cm³/mol. The highest BCUT2D eigenvalue weighted by molar-refractivity contribution is 5.74. The average Bonchev–Trinajstić information content (AvgIpc) is 2.59. The first kappa shape index (κ1) is 16.8. The molecule has 0 bridgehead atoms. The summed E-state index contributed by atoms with van der Waals surface area (Å²) in [5.74, 6) is 0. The van der Waals surface area contributed by atoms with Crippen LogP contribution in [0.2, 0.25) is 0 Å². The smallest absolute Gasteiger partial charge is 0.317 e. The van der Waals surface area contributed by atoms with Crippen LogP contribution in [0.4, 0.5) is 4.79 Å². The molecule has 0 aliphatic carbocycles. The largest absolute Gasteiger partial charge is 0.396 e. The fourth-order valence-electron chi connectivity index (χ4n) is 2.81. The van der Waals surface area contributed by atoms with E-state index in [0.717, 1.165) is 44.7 Å². The van der Waals surface area contributed by atoms with E-state index in [1.807, 2.05) is 35.2 Å². The number of rotatable bonds is 6. The van der Waals surface area contributed by atoms with Crippen molar-refractivity contribution in [1.29, 1.82) is 0 Å². The molecule has 2 N–H and O–H groups in total. The Hall–Kier alpha value is -1.59. The minimum Gasteiger partial charge on any atom is -0.396 e. The fourth-order valence-corrected chi connectivity index (χ4v) is 2.81. The first-order valence-electron chi connectivity index (χ1n) is 8.18. The number of aliphatic hydroxyl groups is 1. The van der Waals surface area contributed by atoms with Gasteiger partial charge in [0.15, 0.2) is 0 Å². The van der Waals surface area contributed by atoms with Crippen LogP contribution in [0.1, 0.15) is 31.4 Å². The molecule has 2 amide bonds. The van der Waals surface area contributed by atoms with Crippen molar-refractivity contribution in [3.05, 3.63) is 35.9 Å². The Morgan fingerprint density at radius 1 is 1.23 bits per heavy atom. The van der Waals surface area contributed by atoms with Gasteiger partial charge in [-0.05, 0) is 24.9 Å². The summed E-state index contributed by atoms with van der Waals surface area (Å²) in [6.45, 7) is 6.78. The average molecular weight is 305 g/mol. The van der Waals surface area contributed by atoms with Crippen LogP contribution in [0, 0.1) is 0 Å².